The van der Waals surface area contributed by atoms with Crippen LogP contribution < -0.4 is 0 Å². The van der Waals surface area contributed by atoms with Gasteiger partial charge in [0.05, 0.1) is 34.4 Å². The molecule has 0 radical (unpaired) electrons. The van der Waals surface area contributed by atoms with Crippen LogP contribution in [0.25, 0.3) is 0 Å². The van der Waals surface area contributed by atoms with Crippen molar-refractivity contribution in [1.82, 2.24) is 0 Å². The van der Waals surface area contributed by atoms with Crippen molar-refractivity contribution in [2.24, 2.45) is 0 Å². The molecule has 0 fully saturated rings. The number of carboxylic acids is 1. The second kappa shape index (κ2) is 62.5. The molecular weight excluding hydrogens is 1010 g/mol. The van der Waals surface area contributed by atoms with E-state index in [1.807, 2.05) is 21.1 Å². The zero-order valence-corrected chi connectivity index (χ0v) is 53.4. The number of ether oxygens (including phenoxy) is 4. The maximum absolute atomic E-state index is 12.9. The van der Waals surface area contributed by atoms with Gasteiger partial charge in [0, 0.05) is 12.8 Å². The lowest BCUT2D eigenvalue weighted by Crippen LogP contribution is -2.40. The third-order valence-electron chi connectivity index (χ3n) is 14.6. The summed E-state index contributed by atoms with van der Waals surface area (Å²) in [4.78, 5) is 37.6. The van der Waals surface area contributed by atoms with Crippen LogP contribution in [0.3, 0.4) is 0 Å². The summed E-state index contributed by atoms with van der Waals surface area (Å²) in [6.45, 7) is 4.78. The number of rotatable bonds is 62. The zero-order chi connectivity index (χ0) is 59.1. The quantitative estimate of drug-likeness (QED) is 0.0211. The summed E-state index contributed by atoms with van der Waals surface area (Å²) in [7, 11) is 5.98. The number of likely N-dealkylation sites (N-methyl/N-ethyl adjacent to an activating group) is 1. The molecular formula is C72H128NO8+. The standard InChI is InChI=1S/C72H127NO8/c1-6-8-10-12-14-16-18-20-22-24-26-28-30-32-34-35-37-38-40-42-44-46-48-50-52-54-56-58-60-62-69(74)79-66-68(67-80-72(71(76)77)78-65-64-73(3,4)5)81-70(75)63-61-59-57-55-53-51-49-47-45-43-41-39-36-33-31-29-27-25-23-21-19-17-15-13-11-9-7-2/h9,11,15,17-18,20-21,23-24,26-27,29,33,36,68,72H,6-8,10,12-14,16,19,22,25,28,30-32,34-35,37-67H2,1-5H3/p+1/b11-9-,17-15-,20-18-,23-21-,26-24-,29-27-,36-33-. The lowest BCUT2D eigenvalue weighted by atomic mass is 10.0. The molecule has 81 heavy (non-hydrogen) atoms. The minimum Gasteiger partial charge on any atom is -0.477 e. The highest BCUT2D eigenvalue weighted by molar-refractivity contribution is 5.71. The summed E-state index contributed by atoms with van der Waals surface area (Å²) in [5.74, 6) is -2.00. The molecule has 0 heterocycles. The number of hydrogen-bond donors (Lipinski definition) is 1. The predicted octanol–water partition coefficient (Wildman–Crippen LogP) is 20.7. The van der Waals surface area contributed by atoms with Crippen molar-refractivity contribution in [2.75, 3.05) is 47.5 Å². The number of aliphatic carboxylic acids is 1. The van der Waals surface area contributed by atoms with Crippen molar-refractivity contribution < 1.29 is 42.9 Å². The summed E-state index contributed by atoms with van der Waals surface area (Å²) < 4.78 is 23.0. The Kier molecular flexibility index (Phi) is 59.8. The molecule has 0 aliphatic carbocycles. The molecule has 2 unspecified atom stereocenters. The number of allylic oxidation sites excluding steroid dienone is 14. The molecule has 0 aromatic rings. The number of quaternary nitrogens is 1. The number of carbonyl (C=O) groups excluding carboxylic acids is 2. The van der Waals surface area contributed by atoms with Crippen LogP contribution in [0.15, 0.2) is 85.1 Å². The number of hydrogen-bond acceptors (Lipinski definition) is 7. The molecule has 0 saturated carbocycles. The van der Waals surface area contributed by atoms with Gasteiger partial charge in [0.1, 0.15) is 13.2 Å². The summed E-state index contributed by atoms with van der Waals surface area (Å²) in [5, 5.41) is 9.74. The summed E-state index contributed by atoms with van der Waals surface area (Å²) in [5.41, 5.74) is 0. The zero-order valence-electron chi connectivity index (χ0n) is 53.4. The van der Waals surface area contributed by atoms with Crippen LogP contribution in [0.5, 0.6) is 0 Å². The SMILES string of the molecule is CC/C=C\C/C=C\C/C=C\C/C=C\C/C=C\CCCCCCCCCCCCCC(=O)OC(COC(=O)CCCCCCCCCCCCCCCCCCC/C=C\C/C=C\CCCCCCC)COC(OCC[N+](C)(C)C)C(=O)O. The Balaban J connectivity index is 4.14. The Labute approximate surface area is 500 Å². The van der Waals surface area contributed by atoms with E-state index in [9.17, 15) is 19.5 Å². The first kappa shape index (κ1) is 77.5. The van der Waals surface area contributed by atoms with Gasteiger partial charge in [-0.3, -0.25) is 9.59 Å². The van der Waals surface area contributed by atoms with Crippen LogP contribution in [-0.2, 0) is 33.3 Å². The van der Waals surface area contributed by atoms with Crippen LogP contribution in [0.2, 0.25) is 0 Å². The third kappa shape index (κ3) is 63.9. The van der Waals surface area contributed by atoms with Crippen LogP contribution in [0.1, 0.15) is 296 Å². The molecule has 9 heteroatoms. The van der Waals surface area contributed by atoms with Gasteiger partial charge in [-0.2, -0.15) is 0 Å². The van der Waals surface area contributed by atoms with E-state index in [1.54, 1.807) is 0 Å². The van der Waals surface area contributed by atoms with Crippen LogP contribution in [-0.4, -0.2) is 87.4 Å². The van der Waals surface area contributed by atoms with Gasteiger partial charge in [0.25, 0.3) is 6.29 Å². The number of unbranched alkanes of at least 4 members (excludes halogenated alkanes) is 33. The van der Waals surface area contributed by atoms with E-state index in [0.29, 0.717) is 23.9 Å². The maximum Gasteiger partial charge on any atom is 0.361 e. The molecule has 0 aliphatic heterocycles. The first-order valence-electron chi connectivity index (χ1n) is 33.8. The van der Waals surface area contributed by atoms with Crippen LogP contribution in [0.4, 0.5) is 0 Å². The summed E-state index contributed by atoms with van der Waals surface area (Å²) in [6.07, 6.45) is 81.1. The van der Waals surface area contributed by atoms with Crippen molar-refractivity contribution in [3.8, 4) is 0 Å². The van der Waals surface area contributed by atoms with Crippen molar-refractivity contribution in [2.45, 2.75) is 309 Å². The maximum atomic E-state index is 12.9. The lowest BCUT2D eigenvalue weighted by molar-refractivity contribution is -0.870. The average Bonchev–Trinajstić information content (AvgIpc) is 3.44. The monoisotopic (exact) mass is 1130 g/mol. The molecule has 0 amide bonds. The molecule has 1 N–H and O–H groups in total. The fourth-order valence-corrected chi connectivity index (χ4v) is 9.48. The van der Waals surface area contributed by atoms with Crippen molar-refractivity contribution in [1.29, 1.82) is 0 Å². The van der Waals surface area contributed by atoms with E-state index < -0.39 is 24.3 Å². The van der Waals surface area contributed by atoms with E-state index in [-0.39, 0.29) is 32.2 Å². The third-order valence-corrected chi connectivity index (χ3v) is 14.6. The molecule has 0 aromatic heterocycles. The highest BCUT2D eigenvalue weighted by Crippen LogP contribution is 2.17. The second-order valence-corrected chi connectivity index (χ2v) is 23.7. The first-order valence-corrected chi connectivity index (χ1v) is 33.8. The van der Waals surface area contributed by atoms with Crippen LogP contribution in [0, 0.1) is 0 Å². The number of nitrogens with zero attached hydrogens (tertiary/aromatic N) is 1. The summed E-state index contributed by atoms with van der Waals surface area (Å²) in [6, 6.07) is 0. The van der Waals surface area contributed by atoms with E-state index >= 15 is 0 Å². The molecule has 0 saturated heterocycles. The largest absolute Gasteiger partial charge is 0.477 e. The fourth-order valence-electron chi connectivity index (χ4n) is 9.48. The van der Waals surface area contributed by atoms with E-state index in [2.05, 4.69) is 98.9 Å². The molecule has 9 nitrogen and oxygen atoms in total. The number of esters is 2. The molecule has 0 rings (SSSR count). The average molecular weight is 1140 g/mol. The summed E-state index contributed by atoms with van der Waals surface area (Å²) >= 11 is 0. The van der Waals surface area contributed by atoms with Gasteiger partial charge in [-0.25, -0.2) is 4.79 Å². The Morgan fingerprint density at radius 1 is 0.383 bits per heavy atom. The first-order chi connectivity index (χ1) is 39.6. The smallest absolute Gasteiger partial charge is 0.361 e. The number of carbonyl (C=O) groups is 3. The Morgan fingerprint density at radius 3 is 1.05 bits per heavy atom. The molecule has 0 bridgehead atoms. The van der Waals surface area contributed by atoms with Gasteiger partial charge in [-0.15, -0.1) is 0 Å². The predicted molar refractivity (Wildman–Crippen MR) is 346 cm³/mol. The second-order valence-electron chi connectivity index (χ2n) is 23.7. The van der Waals surface area contributed by atoms with Gasteiger partial charge in [0.2, 0.25) is 0 Å². The molecule has 0 aromatic carbocycles. The minimum absolute atomic E-state index is 0.184. The van der Waals surface area contributed by atoms with Crippen molar-refractivity contribution >= 4 is 17.9 Å². The van der Waals surface area contributed by atoms with E-state index in [1.165, 1.54) is 186 Å². The van der Waals surface area contributed by atoms with Gasteiger partial charge in [-0.1, -0.05) is 279 Å². The topological polar surface area (TPSA) is 108 Å². The van der Waals surface area contributed by atoms with Gasteiger partial charge < -0.3 is 28.5 Å². The van der Waals surface area contributed by atoms with Gasteiger partial charge >= 0.3 is 17.9 Å². The molecule has 2 atom stereocenters. The normalized spacial score (nSPS) is 13.2. The Morgan fingerprint density at radius 2 is 0.704 bits per heavy atom. The highest BCUT2D eigenvalue weighted by Gasteiger charge is 2.25. The molecule has 468 valence electrons. The van der Waals surface area contributed by atoms with Crippen LogP contribution >= 0.6 is 0 Å². The van der Waals surface area contributed by atoms with E-state index in [4.69, 9.17) is 18.9 Å². The van der Waals surface area contributed by atoms with Crippen molar-refractivity contribution in [3.63, 3.8) is 0 Å². The Bertz CT molecular complexity index is 1600. The molecule has 0 aliphatic rings. The van der Waals surface area contributed by atoms with Crippen molar-refractivity contribution in [3.05, 3.63) is 85.1 Å². The lowest BCUT2D eigenvalue weighted by Gasteiger charge is -2.25. The Hall–Kier alpha value is -3.53. The van der Waals surface area contributed by atoms with Gasteiger partial charge in [0.15, 0.2) is 6.10 Å². The number of carboxylic acid groups (broad SMARTS) is 1. The fraction of sp³-hybridized carbons (Fsp3) is 0.764. The minimum atomic E-state index is -1.51. The molecule has 0 spiro atoms. The highest BCUT2D eigenvalue weighted by atomic mass is 16.7. The van der Waals surface area contributed by atoms with Gasteiger partial charge in [-0.05, 0) is 89.9 Å². The van der Waals surface area contributed by atoms with E-state index in [0.717, 1.165) is 77.0 Å².